The third-order valence-electron chi connectivity index (χ3n) is 10.7. The van der Waals surface area contributed by atoms with Gasteiger partial charge in [-0.2, -0.15) is 0 Å². The maximum Gasteiger partial charge on any atom is 0.408 e. The minimum absolute atomic E-state index is 0.0962. The molecule has 5 rings (SSSR count). The molecule has 244 valence electrons. The first-order valence-electron chi connectivity index (χ1n) is 16.6. The van der Waals surface area contributed by atoms with Crippen LogP contribution in [-0.2, 0) is 36.8 Å². The van der Waals surface area contributed by atoms with Crippen LogP contribution in [0.25, 0.3) is 0 Å². The summed E-state index contributed by atoms with van der Waals surface area (Å²) in [6.45, 7) is 12.2. The average Bonchev–Trinajstić information content (AvgIpc) is 3.52. The van der Waals surface area contributed by atoms with Gasteiger partial charge >= 0.3 is 6.09 Å². The molecular formula is C35H48N4O6. The number of amides is 4. The van der Waals surface area contributed by atoms with Gasteiger partial charge in [0, 0.05) is 13.1 Å². The molecule has 1 aliphatic heterocycles. The monoisotopic (exact) mass is 620 g/mol. The number of ketones is 1. The van der Waals surface area contributed by atoms with Gasteiger partial charge in [0.2, 0.25) is 17.6 Å². The van der Waals surface area contributed by atoms with Crippen molar-refractivity contribution in [1.82, 2.24) is 20.9 Å². The highest BCUT2D eigenvalue weighted by molar-refractivity contribution is 6.38. The van der Waals surface area contributed by atoms with Gasteiger partial charge in [-0.15, -0.1) is 6.58 Å². The third kappa shape index (κ3) is 6.65. The zero-order chi connectivity index (χ0) is 32.5. The number of hydrogen-bond acceptors (Lipinski definition) is 6. The Morgan fingerprint density at radius 3 is 2.38 bits per heavy atom. The predicted molar refractivity (Wildman–Crippen MR) is 169 cm³/mol. The second-order valence-corrected chi connectivity index (χ2v) is 14.0. The Morgan fingerprint density at radius 1 is 1.09 bits per heavy atom. The number of ether oxygens (including phenoxy) is 1. The number of likely N-dealkylation sites (tertiary alicyclic amines) is 1. The maximum absolute atomic E-state index is 14.5. The van der Waals surface area contributed by atoms with Crippen molar-refractivity contribution in [3.8, 4) is 0 Å². The van der Waals surface area contributed by atoms with Gasteiger partial charge in [-0.3, -0.25) is 19.2 Å². The van der Waals surface area contributed by atoms with Crippen molar-refractivity contribution in [3.63, 3.8) is 0 Å². The minimum Gasteiger partial charge on any atom is -0.446 e. The molecule has 3 fully saturated rings. The van der Waals surface area contributed by atoms with Crippen LogP contribution >= 0.6 is 0 Å². The van der Waals surface area contributed by atoms with E-state index >= 15 is 0 Å². The Labute approximate surface area is 266 Å². The molecule has 45 heavy (non-hydrogen) atoms. The fourth-order valence-corrected chi connectivity index (χ4v) is 8.01. The van der Waals surface area contributed by atoms with E-state index in [1.54, 1.807) is 4.90 Å². The number of carbonyl (C=O) groups is 5. The quantitative estimate of drug-likeness (QED) is 0.243. The molecule has 1 heterocycles. The van der Waals surface area contributed by atoms with Crippen LogP contribution in [0.15, 0.2) is 36.9 Å². The summed E-state index contributed by atoms with van der Waals surface area (Å²) in [4.78, 5) is 68.9. The van der Waals surface area contributed by atoms with E-state index in [0.29, 0.717) is 32.2 Å². The van der Waals surface area contributed by atoms with Crippen molar-refractivity contribution >= 4 is 29.6 Å². The lowest BCUT2D eigenvalue weighted by Gasteiger charge is -2.35. The highest BCUT2D eigenvalue weighted by Gasteiger charge is 2.69. The molecule has 1 saturated heterocycles. The lowest BCUT2D eigenvalue weighted by molar-refractivity contribution is -0.144. The number of piperidine rings is 1. The summed E-state index contributed by atoms with van der Waals surface area (Å²) >= 11 is 0. The SMILES string of the molecule is C=CCNC(=O)C(=O)C(CCC)NC(=O)[C@@H]1[C@@H]2[C@H](CN1C(=O)[C@@H](NC(=O)O[C@H]1CCC[C@@H]1C)C1Cc3ccccc3C1)C2(C)C. The number of alkyl carbamates (subject to hydrolysis) is 1. The van der Waals surface area contributed by atoms with Gasteiger partial charge in [-0.1, -0.05) is 64.5 Å². The van der Waals surface area contributed by atoms with Crippen molar-refractivity contribution in [1.29, 1.82) is 0 Å². The summed E-state index contributed by atoms with van der Waals surface area (Å²) in [5.41, 5.74) is 2.14. The molecule has 0 bridgehead atoms. The fourth-order valence-electron chi connectivity index (χ4n) is 8.01. The lowest BCUT2D eigenvalue weighted by atomic mass is 9.93. The van der Waals surface area contributed by atoms with Crippen LogP contribution in [0.3, 0.4) is 0 Å². The van der Waals surface area contributed by atoms with Crippen LogP contribution in [-0.4, -0.2) is 71.8 Å². The Balaban J connectivity index is 1.37. The van der Waals surface area contributed by atoms with Gasteiger partial charge < -0.3 is 25.6 Å². The van der Waals surface area contributed by atoms with Gasteiger partial charge in [-0.25, -0.2) is 4.79 Å². The van der Waals surface area contributed by atoms with Crippen molar-refractivity contribution in [2.45, 2.75) is 96.9 Å². The fraction of sp³-hybridized carbons (Fsp3) is 0.629. The number of nitrogens with one attached hydrogen (secondary N) is 3. The van der Waals surface area contributed by atoms with E-state index in [1.165, 1.54) is 6.08 Å². The summed E-state index contributed by atoms with van der Waals surface area (Å²) in [5.74, 6) is -2.17. The van der Waals surface area contributed by atoms with E-state index in [9.17, 15) is 24.0 Å². The smallest absolute Gasteiger partial charge is 0.408 e. The maximum atomic E-state index is 14.5. The lowest BCUT2D eigenvalue weighted by Crippen LogP contribution is -2.59. The molecule has 10 nitrogen and oxygen atoms in total. The molecule has 0 radical (unpaired) electrons. The number of rotatable bonds is 12. The number of carbonyl (C=O) groups excluding carboxylic acids is 5. The number of fused-ring (bicyclic) bond motifs is 2. The predicted octanol–water partition coefficient (Wildman–Crippen LogP) is 3.32. The standard InChI is InChI=1S/C35H48N4O6/c1-6-11-25(30(40)32(42)36-16-7-2)37-31(41)29-27-24(35(27,4)5)19-39(29)33(43)28(23-17-21-13-8-9-14-22(21)18-23)38-34(44)45-26-15-10-12-20(26)3/h7-9,13-14,20,23-29H,2,6,10-12,15-19H2,1,3-5H3,(H,36,42)(H,37,41)(H,38,44)/t20-,24-,25?,26-,27-,28-,29-/m0/s1. The van der Waals surface area contributed by atoms with Crippen LogP contribution in [0.1, 0.15) is 70.9 Å². The Kier molecular flexibility index (Phi) is 9.70. The van der Waals surface area contributed by atoms with Crippen LogP contribution in [0.4, 0.5) is 4.79 Å². The minimum atomic E-state index is -1.01. The van der Waals surface area contributed by atoms with Crippen molar-refractivity contribution < 1.29 is 28.7 Å². The van der Waals surface area contributed by atoms with Crippen molar-refractivity contribution in [2.75, 3.05) is 13.1 Å². The first-order valence-corrected chi connectivity index (χ1v) is 16.6. The largest absolute Gasteiger partial charge is 0.446 e. The summed E-state index contributed by atoms with van der Waals surface area (Å²) in [7, 11) is 0. The van der Waals surface area contributed by atoms with E-state index in [0.717, 1.165) is 30.4 Å². The molecule has 10 heteroatoms. The average molecular weight is 621 g/mol. The Bertz CT molecular complexity index is 1320. The van der Waals surface area contributed by atoms with Gasteiger partial charge in [0.1, 0.15) is 18.2 Å². The molecule has 1 aromatic rings. The van der Waals surface area contributed by atoms with Gasteiger partial charge in [-0.05, 0) is 78.7 Å². The van der Waals surface area contributed by atoms with Gasteiger partial charge in [0.05, 0.1) is 6.04 Å². The summed E-state index contributed by atoms with van der Waals surface area (Å²) in [5, 5.41) is 8.27. The summed E-state index contributed by atoms with van der Waals surface area (Å²) in [6, 6.07) is 5.35. The topological polar surface area (TPSA) is 134 Å². The molecule has 1 unspecified atom stereocenters. The van der Waals surface area contributed by atoms with E-state index in [1.807, 2.05) is 19.1 Å². The summed E-state index contributed by atoms with van der Waals surface area (Å²) in [6.07, 6.45) is 5.62. The van der Waals surface area contributed by atoms with Crippen LogP contribution in [0, 0.1) is 29.1 Å². The van der Waals surface area contributed by atoms with E-state index < -0.39 is 41.8 Å². The molecule has 2 saturated carbocycles. The zero-order valence-corrected chi connectivity index (χ0v) is 27.0. The van der Waals surface area contributed by atoms with E-state index in [2.05, 4.69) is 55.4 Å². The van der Waals surface area contributed by atoms with Crippen LogP contribution in [0.2, 0.25) is 0 Å². The number of hydrogen-bond donors (Lipinski definition) is 3. The van der Waals surface area contributed by atoms with Crippen LogP contribution < -0.4 is 16.0 Å². The molecular weight excluding hydrogens is 572 g/mol. The second kappa shape index (κ2) is 13.3. The molecule has 4 amide bonds. The Hall–Kier alpha value is -3.69. The molecule has 4 aliphatic rings. The molecule has 1 aromatic carbocycles. The third-order valence-corrected chi connectivity index (χ3v) is 10.7. The molecule has 7 atom stereocenters. The molecule has 0 spiro atoms. The number of Topliss-reactive ketones (excluding diaryl/α,β-unsaturated/α-hetero) is 1. The van der Waals surface area contributed by atoms with E-state index in [4.69, 9.17) is 4.74 Å². The van der Waals surface area contributed by atoms with E-state index in [-0.39, 0.29) is 47.6 Å². The number of benzene rings is 1. The zero-order valence-electron chi connectivity index (χ0n) is 27.0. The first-order chi connectivity index (χ1) is 21.5. The first kappa shape index (κ1) is 32.7. The highest BCUT2D eigenvalue weighted by Crippen LogP contribution is 2.65. The van der Waals surface area contributed by atoms with Gasteiger partial charge in [0.15, 0.2) is 0 Å². The second-order valence-electron chi connectivity index (χ2n) is 14.0. The van der Waals surface area contributed by atoms with Crippen molar-refractivity contribution in [3.05, 3.63) is 48.0 Å². The number of nitrogens with zero attached hydrogens (tertiary/aromatic N) is 1. The van der Waals surface area contributed by atoms with Gasteiger partial charge in [0.25, 0.3) is 5.91 Å². The molecule has 3 aliphatic carbocycles. The summed E-state index contributed by atoms with van der Waals surface area (Å²) < 4.78 is 5.82. The molecule has 3 N–H and O–H groups in total. The van der Waals surface area contributed by atoms with Crippen LogP contribution in [0.5, 0.6) is 0 Å². The normalized spacial score (nSPS) is 27.5. The highest BCUT2D eigenvalue weighted by atomic mass is 16.6. The molecule has 0 aromatic heterocycles. The Morgan fingerprint density at radius 2 is 1.78 bits per heavy atom. The van der Waals surface area contributed by atoms with Crippen molar-refractivity contribution in [2.24, 2.45) is 29.1 Å².